The summed E-state index contributed by atoms with van der Waals surface area (Å²) in [4.78, 5) is 2.07. The Hall–Kier alpha value is -1.94. The lowest BCUT2D eigenvalue weighted by molar-refractivity contribution is 0.251. The van der Waals surface area contributed by atoms with Gasteiger partial charge in [-0.2, -0.15) is 5.10 Å². The van der Waals surface area contributed by atoms with Gasteiger partial charge in [0.2, 0.25) is 5.88 Å². The van der Waals surface area contributed by atoms with Crippen LogP contribution in [0.5, 0.6) is 5.88 Å². The maximum absolute atomic E-state index is 5.51. The Morgan fingerprint density at radius 3 is 2.42 bits per heavy atom. The molecule has 0 amide bonds. The predicted octanol–water partition coefficient (Wildman–Crippen LogP) is 2.01. The van der Waals surface area contributed by atoms with Gasteiger partial charge < -0.3 is 9.64 Å². The predicted molar refractivity (Wildman–Crippen MR) is 75.3 cm³/mol. The number of hydrogen-bond donors (Lipinski definition) is 0. The minimum Gasteiger partial charge on any atom is -0.475 e. The van der Waals surface area contributed by atoms with Crippen molar-refractivity contribution >= 4 is 0 Å². The first kappa shape index (κ1) is 13.5. The van der Waals surface area contributed by atoms with Gasteiger partial charge in [0.25, 0.3) is 0 Å². The lowest BCUT2D eigenvalue weighted by atomic mass is 10.1. The molecule has 100 valence electrons. The maximum atomic E-state index is 5.51. The van der Waals surface area contributed by atoms with Crippen LogP contribution in [0.2, 0.25) is 0 Å². The third-order valence-corrected chi connectivity index (χ3v) is 2.71. The van der Waals surface area contributed by atoms with Crippen molar-refractivity contribution in [2.24, 2.45) is 0 Å². The average molecular weight is 257 g/mol. The van der Waals surface area contributed by atoms with Gasteiger partial charge in [0.05, 0.1) is 5.69 Å². The van der Waals surface area contributed by atoms with E-state index in [4.69, 9.17) is 4.74 Å². The second kappa shape index (κ2) is 6.85. The van der Waals surface area contributed by atoms with Crippen molar-refractivity contribution in [1.82, 2.24) is 15.1 Å². The van der Waals surface area contributed by atoms with Crippen molar-refractivity contribution in [3.63, 3.8) is 0 Å². The van der Waals surface area contributed by atoms with E-state index in [0.29, 0.717) is 12.5 Å². The van der Waals surface area contributed by atoms with E-state index < -0.39 is 0 Å². The van der Waals surface area contributed by atoms with Crippen LogP contribution >= 0.6 is 0 Å². The standard InChI is InChI=1S/C15H19N3O/c1-18(2)10-11-19-15-9-8-14(16-17-15)12-13-6-4-3-5-7-13/h3-9H,10-12H2,1-2H3. The second-order valence-electron chi connectivity index (χ2n) is 4.68. The second-order valence-corrected chi connectivity index (χ2v) is 4.68. The summed E-state index contributed by atoms with van der Waals surface area (Å²) >= 11 is 0. The number of nitrogens with zero attached hydrogens (tertiary/aromatic N) is 3. The highest BCUT2D eigenvalue weighted by atomic mass is 16.5. The molecule has 4 heteroatoms. The van der Waals surface area contributed by atoms with E-state index in [2.05, 4.69) is 27.2 Å². The number of likely N-dealkylation sites (N-methyl/N-ethyl adjacent to an activating group) is 1. The van der Waals surface area contributed by atoms with Gasteiger partial charge in [-0.25, -0.2) is 0 Å². The quantitative estimate of drug-likeness (QED) is 0.793. The summed E-state index contributed by atoms with van der Waals surface area (Å²) in [7, 11) is 4.02. The van der Waals surface area contributed by atoms with Crippen molar-refractivity contribution in [3.8, 4) is 5.88 Å². The fraction of sp³-hybridized carbons (Fsp3) is 0.333. The van der Waals surface area contributed by atoms with Gasteiger partial charge in [-0.1, -0.05) is 30.3 Å². The van der Waals surface area contributed by atoms with Crippen molar-refractivity contribution in [3.05, 3.63) is 53.7 Å². The molecule has 0 spiro atoms. The molecule has 2 aromatic rings. The zero-order valence-corrected chi connectivity index (χ0v) is 11.4. The van der Waals surface area contributed by atoms with Crippen LogP contribution in [0, 0.1) is 0 Å². The first-order valence-corrected chi connectivity index (χ1v) is 6.38. The summed E-state index contributed by atoms with van der Waals surface area (Å²) in [5, 5.41) is 8.26. The Labute approximate surface area is 114 Å². The van der Waals surface area contributed by atoms with Crippen LogP contribution in [0.1, 0.15) is 11.3 Å². The van der Waals surface area contributed by atoms with Crippen molar-refractivity contribution in [2.45, 2.75) is 6.42 Å². The van der Waals surface area contributed by atoms with Gasteiger partial charge in [0.1, 0.15) is 6.61 Å². The Kier molecular flexibility index (Phi) is 4.86. The topological polar surface area (TPSA) is 38.2 Å². The summed E-state index contributed by atoms with van der Waals surface area (Å²) in [5.41, 5.74) is 2.18. The molecule has 0 aliphatic heterocycles. The summed E-state index contributed by atoms with van der Waals surface area (Å²) in [6.45, 7) is 1.49. The largest absolute Gasteiger partial charge is 0.475 e. The Morgan fingerprint density at radius 2 is 1.79 bits per heavy atom. The molecule has 0 saturated heterocycles. The summed E-state index contributed by atoms with van der Waals surface area (Å²) in [5.74, 6) is 0.582. The van der Waals surface area contributed by atoms with Crippen LogP contribution < -0.4 is 4.74 Å². The van der Waals surface area contributed by atoms with E-state index in [0.717, 1.165) is 18.7 Å². The first-order valence-electron chi connectivity index (χ1n) is 6.38. The lowest BCUT2D eigenvalue weighted by Crippen LogP contribution is -2.19. The fourth-order valence-corrected chi connectivity index (χ4v) is 1.66. The van der Waals surface area contributed by atoms with E-state index in [-0.39, 0.29) is 0 Å². The van der Waals surface area contributed by atoms with E-state index in [1.54, 1.807) is 0 Å². The molecule has 4 nitrogen and oxygen atoms in total. The van der Waals surface area contributed by atoms with Crippen molar-refractivity contribution < 1.29 is 4.74 Å². The highest BCUT2D eigenvalue weighted by molar-refractivity contribution is 5.22. The van der Waals surface area contributed by atoms with E-state index in [1.807, 2.05) is 44.4 Å². The minimum absolute atomic E-state index is 0.582. The molecule has 1 aromatic carbocycles. The molecule has 1 heterocycles. The molecule has 0 fully saturated rings. The molecule has 0 atom stereocenters. The average Bonchev–Trinajstić information content (AvgIpc) is 2.42. The highest BCUT2D eigenvalue weighted by Crippen LogP contribution is 2.09. The molecule has 0 aliphatic rings. The van der Waals surface area contributed by atoms with E-state index in [1.165, 1.54) is 5.56 Å². The van der Waals surface area contributed by atoms with Gasteiger partial charge in [-0.15, -0.1) is 5.10 Å². The Morgan fingerprint density at radius 1 is 1.00 bits per heavy atom. The van der Waals surface area contributed by atoms with Crippen LogP contribution in [-0.4, -0.2) is 42.3 Å². The van der Waals surface area contributed by atoms with Crippen molar-refractivity contribution in [2.75, 3.05) is 27.2 Å². The molecular formula is C15H19N3O. The van der Waals surface area contributed by atoms with E-state index in [9.17, 15) is 0 Å². The van der Waals surface area contributed by atoms with Crippen LogP contribution in [0.25, 0.3) is 0 Å². The minimum atomic E-state index is 0.582. The molecule has 2 rings (SSSR count). The normalized spacial score (nSPS) is 10.7. The van der Waals surface area contributed by atoms with Gasteiger partial charge in [0.15, 0.2) is 0 Å². The van der Waals surface area contributed by atoms with Gasteiger partial charge in [-0.05, 0) is 25.7 Å². The SMILES string of the molecule is CN(C)CCOc1ccc(Cc2ccccc2)nn1. The van der Waals surface area contributed by atoms with Gasteiger partial charge in [0, 0.05) is 19.0 Å². The van der Waals surface area contributed by atoms with Crippen molar-refractivity contribution in [1.29, 1.82) is 0 Å². The molecule has 1 aromatic heterocycles. The monoisotopic (exact) mass is 257 g/mol. The molecule has 0 radical (unpaired) electrons. The number of aromatic nitrogens is 2. The highest BCUT2D eigenvalue weighted by Gasteiger charge is 2.00. The maximum Gasteiger partial charge on any atom is 0.233 e. The van der Waals surface area contributed by atoms with E-state index >= 15 is 0 Å². The zero-order chi connectivity index (χ0) is 13.5. The van der Waals surface area contributed by atoms with Gasteiger partial charge >= 0.3 is 0 Å². The molecule has 0 aliphatic carbocycles. The number of benzene rings is 1. The smallest absolute Gasteiger partial charge is 0.233 e. The summed E-state index contributed by atoms with van der Waals surface area (Å²) in [6, 6.07) is 14.1. The molecule has 19 heavy (non-hydrogen) atoms. The summed E-state index contributed by atoms with van der Waals surface area (Å²) < 4.78 is 5.51. The van der Waals surface area contributed by atoms with Gasteiger partial charge in [-0.3, -0.25) is 0 Å². The number of hydrogen-bond acceptors (Lipinski definition) is 4. The fourth-order valence-electron chi connectivity index (χ4n) is 1.66. The Balaban J connectivity index is 1.88. The molecular weight excluding hydrogens is 238 g/mol. The summed E-state index contributed by atoms with van der Waals surface area (Å²) in [6.07, 6.45) is 0.797. The van der Waals surface area contributed by atoms with Crippen LogP contribution in [0.15, 0.2) is 42.5 Å². The molecule has 0 bridgehead atoms. The zero-order valence-electron chi connectivity index (χ0n) is 11.4. The molecule has 0 saturated carbocycles. The van der Waals surface area contributed by atoms with Crippen LogP contribution in [0.3, 0.4) is 0 Å². The Bertz CT molecular complexity index is 483. The first-order chi connectivity index (χ1) is 9.24. The molecule has 0 N–H and O–H groups in total. The number of rotatable bonds is 6. The third-order valence-electron chi connectivity index (χ3n) is 2.71. The number of ether oxygens (including phenoxy) is 1. The van der Waals surface area contributed by atoms with Crippen LogP contribution in [0.4, 0.5) is 0 Å². The third kappa shape index (κ3) is 4.67. The van der Waals surface area contributed by atoms with Crippen LogP contribution in [-0.2, 0) is 6.42 Å². The lowest BCUT2D eigenvalue weighted by Gasteiger charge is -2.10. The molecule has 0 unspecified atom stereocenters.